The molecule has 8 nitrogen and oxygen atoms in total. The Bertz CT molecular complexity index is 1140. The van der Waals surface area contributed by atoms with Gasteiger partial charge in [-0.15, -0.1) is 0 Å². The van der Waals surface area contributed by atoms with Crippen molar-refractivity contribution in [1.29, 1.82) is 0 Å². The first-order valence-electron chi connectivity index (χ1n) is 14.1. The molecule has 4 saturated carbocycles. The van der Waals surface area contributed by atoms with E-state index in [1.54, 1.807) is 0 Å². The number of hydrogen-bond donors (Lipinski definition) is 1. The van der Waals surface area contributed by atoms with Crippen LogP contribution in [0.15, 0.2) is 0 Å². The number of carbonyl (C=O) groups excluding carboxylic acids is 4. The summed E-state index contributed by atoms with van der Waals surface area (Å²) in [5.74, 6) is -0.254. The second kappa shape index (κ2) is 10.6. The third-order valence-electron chi connectivity index (χ3n) is 11.0. The van der Waals surface area contributed by atoms with Gasteiger partial charge < -0.3 is 4.74 Å². The van der Waals surface area contributed by atoms with Gasteiger partial charge in [0.25, 0.3) is 0 Å². The predicted octanol–water partition coefficient (Wildman–Crippen LogP) is 4.79. The topological polar surface area (TPSA) is 132 Å². The lowest BCUT2D eigenvalue weighted by atomic mass is 9.44. The molecule has 0 bridgehead atoms. The maximum Gasteiger partial charge on any atom is 0.370 e. The fourth-order valence-electron chi connectivity index (χ4n) is 8.60. The number of carbonyl (C=O) groups is 4. The van der Waals surface area contributed by atoms with Gasteiger partial charge >= 0.3 is 21.3 Å². The van der Waals surface area contributed by atoms with E-state index < -0.39 is 46.2 Å². The molecule has 4 aliphatic rings. The summed E-state index contributed by atoms with van der Waals surface area (Å²) in [6, 6.07) is 0. The van der Waals surface area contributed by atoms with Crippen LogP contribution in [0, 0.1) is 46.3 Å². The van der Waals surface area contributed by atoms with Crippen LogP contribution in [0.4, 0.5) is 8.78 Å². The van der Waals surface area contributed by atoms with E-state index in [0.29, 0.717) is 32.1 Å². The molecule has 8 unspecified atom stereocenters. The van der Waals surface area contributed by atoms with E-state index in [1.165, 1.54) is 0 Å². The molecule has 0 radical (unpaired) electrons. The van der Waals surface area contributed by atoms with Crippen molar-refractivity contribution in [3.8, 4) is 0 Å². The SMILES string of the molecule is CC(CCC(=O)OCCCC(F)(F)S(=O)(=O)O)C1CCC2C3C(=O)CC4CC(=O)CCC4(C)C3CC(=O)C12C. The summed E-state index contributed by atoms with van der Waals surface area (Å²) in [7, 11) is -5.51. The van der Waals surface area contributed by atoms with Crippen molar-refractivity contribution in [2.24, 2.45) is 46.3 Å². The van der Waals surface area contributed by atoms with Gasteiger partial charge in [-0.3, -0.25) is 23.7 Å². The molecule has 0 amide bonds. The zero-order valence-electron chi connectivity index (χ0n) is 22.9. The second-order valence-corrected chi connectivity index (χ2v) is 14.4. The van der Waals surface area contributed by atoms with Gasteiger partial charge in [-0.05, 0) is 67.1 Å². The first-order chi connectivity index (χ1) is 18.0. The molecule has 4 aliphatic carbocycles. The van der Waals surface area contributed by atoms with E-state index in [1.807, 2.05) is 13.8 Å². The number of ether oxygens (including phenoxy) is 1. The lowest BCUT2D eigenvalue weighted by Gasteiger charge is -2.58. The number of Topliss-reactive ketones (excluding diaryl/α,β-unsaturated/α-hetero) is 3. The Morgan fingerprint density at radius 3 is 2.49 bits per heavy atom. The van der Waals surface area contributed by atoms with Crippen molar-refractivity contribution in [1.82, 2.24) is 0 Å². The van der Waals surface area contributed by atoms with E-state index in [9.17, 15) is 36.4 Å². The van der Waals surface area contributed by atoms with Gasteiger partial charge in [0.1, 0.15) is 17.3 Å². The molecular formula is C28H40F2O8S. The molecule has 8 atom stereocenters. The highest BCUT2D eigenvalue weighted by molar-refractivity contribution is 7.86. The molecule has 0 spiro atoms. The monoisotopic (exact) mass is 574 g/mol. The summed E-state index contributed by atoms with van der Waals surface area (Å²) in [5.41, 5.74) is -0.836. The van der Waals surface area contributed by atoms with Crippen molar-refractivity contribution < 1.29 is 45.7 Å². The summed E-state index contributed by atoms with van der Waals surface area (Å²) in [6.07, 6.45) is 2.88. The molecule has 220 valence electrons. The van der Waals surface area contributed by atoms with E-state index in [2.05, 4.69) is 6.92 Å². The molecule has 0 heterocycles. The average Bonchev–Trinajstić information content (AvgIpc) is 3.20. The van der Waals surface area contributed by atoms with Gasteiger partial charge in [-0.1, -0.05) is 20.8 Å². The summed E-state index contributed by atoms with van der Waals surface area (Å²) in [5, 5.41) is -4.29. The van der Waals surface area contributed by atoms with Gasteiger partial charge in [0.15, 0.2) is 0 Å². The molecule has 0 saturated heterocycles. The molecule has 11 heteroatoms. The summed E-state index contributed by atoms with van der Waals surface area (Å²) in [4.78, 5) is 51.7. The van der Waals surface area contributed by atoms with Gasteiger partial charge in [0.2, 0.25) is 0 Å². The molecule has 4 rings (SSSR count). The Morgan fingerprint density at radius 1 is 1.13 bits per heavy atom. The van der Waals surface area contributed by atoms with Crippen LogP contribution >= 0.6 is 0 Å². The lowest BCUT2D eigenvalue weighted by molar-refractivity contribution is -0.166. The highest BCUT2D eigenvalue weighted by Gasteiger charge is 2.66. The molecule has 4 fully saturated rings. The summed E-state index contributed by atoms with van der Waals surface area (Å²) < 4.78 is 61.4. The van der Waals surface area contributed by atoms with Crippen LogP contribution in [0.2, 0.25) is 0 Å². The van der Waals surface area contributed by atoms with Crippen molar-refractivity contribution in [3.63, 3.8) is 0 Å². The van der Waals surface area contributed by atoms with E-state index in [-0.39, 0.29) is 64.7 Å². The third-order valence-corrected chi connectivity index (χ3v) is 11.9. The molecule has 39 heavy (non-hydrogen) atoms. The van der Waals surface area contributed by atoms with Crippen LogP contribution in [-0.2, 0) is 34.0 Å². The minimum absolute atomic E-state index is 0.00321. The Kier molecular flexibility index (Phi) is 8.20. The van der Waals surface area contributed by atoms with Crippen LogP contribution in [-0.4, -0.2) is 48.2 Å². The van der Waals surface area contributed by atoms with Gasteiger partial charge in [-0.25, -0.2) is 0 Å². The number of fused-ring (bicyclic) bond motifs is 5. The highest BCUT2D eigenvalue weighted by Crippen LogP contribution is 2.66. The van der Waals surface area contributed by atoms with E-state index in [4.69, 9.17) is 9.29 Å². The number of hydrogen-bond acceptors (Lipinski definition) is 7. The first-order valence-corrected chi connectivity index (χ1v) is 15.5. The number of esters is 1. The van der Waals surface area contributed by atoms with Gasteiger partial charge in [-0.2, -0.15) is 17.2 Å². The Morgan fingerprint density at radius 2 is 1.82 bits per heavy atom. The number of halogens is 2. The summed E-state index contributed by atoms with van der Waals surface area (Å²) in [6.45, 7) is 5.76. The van der Waals surface area contributed by atoms with Gasteiger partial charge in [0, 0.05) is 49.9 Å². The van der Waals surface area contributed by atoms with Crippen LogP contribution in [0.3, 0.4) is 0 Å². The molecule has 0 aromatic heterocycles. The highest BCUT2D eigenvalue weighted by atomic mass is 32.2. The zero-order valence-corrected chi connectivity index (χ0v) is 23.7. The van der Waals surface area contributed by atoms with Crippen molar-refractivity contribution in [2.45, 2.75) is 96.7 Å². The van der Waals surface area contributed by atoms with Crippen molar-refractivity contribution in [3.05, 3.63) is 0 Å². The quantitative estimate of drug-likeness (QED) is 0.236. The fraction of sp³-hybridized carbons (Fsp3) is 0.857. The summed E-state index contributed by atoms with van der Waals surface area (Å²) >= 11 is 0. The normalized spacial score (nSPS) is 37.6. The molecule has 0 aliphatic heterocycles. The van der Waals surface area contributed by atoms with Crippen LogP contribution in [0.1, 0.15) is 91.4 Å². The maximum absolute atomic E-state index is 13.8. The third kappa shape index (κ3) is 5.34. The standard InChI is InChI=1S/C28H40F2O8S/c1-16(5-8-24(34)38-12-4-10-28(29,30)39(35,36)37)19-6-7-20-25-21(15-23(33)27(19,20)3)26(2)11-9-18(31)13-17(26)14-22(25)32/h16-17,19-21,25H,4-15H2,1-3H3,(H,35,36,37). The molecule has 0 aromatic carbocycles. The van der Waals surface area contributed by atoms with Crippen LogP contribution in [0.5, 0.6) is 0 Å². The van der Waals surface area contributed by atoms with Crippen molar-refractivity contribution >= 4 is 33.4 Å². The van der Waals surface area contributed by atoms with E-state index >= 15 is 0 Å². The minimum Gasteiger partial charge on any atom is -0.466 e. The predicted molar refractivity (Wildman–Crippen MR) is 136 cm³/mol. The zero-order chi connectivity index (χ0) is 29.0. The minimum atomic E-state index is -5.51. The van der Waals surface area contributed by atoms with Gasteiger partial charge in [0.05, 0.1) is 6.61 Å². The average molecular weight is 575 g/mol. The molecule has 1 N–H and O–H groups in total. The second-order valence-electron chi connectivity index (χ2n) is 12.9. The maximum atomic E-state index is 13.8. The van der Waals surface area contributed by atoms with Crippen molar-refractivity contribution in [2.75, 3.05) is 6.61 Å². The van der Waals surface area contributed by atoms with Crippen LogP contribution in [0.25, 0.3) is 0 Å². The number of alkyl halides is 2. The van der Waals surface area contributed by atoms with Crippen LogP contribution < -0.4 is 0 Å². The Labute approximate surface area is 228 Å². The first kappa shape index (κ1) is 30.2. The Balaban J connectivity index is 1.36. The number of ketones is 3. The largest absolute Gasteiger partial charge is 0.466 e. The Hall–Kier alpha value is -1.75. The molecule has 0 aromatic rings. The lowest BCUT2D eigenvalue weighted by Crippen LogP contribution is -2.60. The molecular weight excluding hydrogens is 534 g/mol. The number of rotatable bonds is 9. The smallest absolute Gasteiger partial charge is 0.370 e. The fourth-order valence-corrected chi connectivity index (χ4v) is 9.00. The van der Waals surface area contributed by atoms with E-state index in [0.717, 1.165) is 19.3 Å².